The van der Waals surface area contributed by atoms with Crippen molar-refractivity contribution in [2.75, 3.05) is 13.7 Å². The number of hydrogen-bond acceptors (Lipinski definition) is 2. The second-order valence-electron chi connectivity index (χ2n) is 5.46. The van der Waals surface area contributed by atoms with Crippen molar-refractivity contribution in [1.82, 2.24) is 5.32 Å². The molecular weight excluding hydrogens is 210 g/mol. The summed E-state index contributed by atoms with van der Waals surface area (Å²) in [6.07, 6.45) is 0.996. The maximum absolute atomic E-state index is 5.92. The molecule has 1 rings (SSSR count). The highest BCUT2D eigenvalue weighted by Gasteiger charge is 2.15. The van der Waals surface area contributed by atoms with Crippen LogP contribution in [0.1, 0.15) is 37.0 Å². The summed E-state index contributed by atoms with van der Waals surface area (Å²) in [6.45, 7) is 11.5. The monoisotopic (exact) mass is 235 g/mol. The molecule has 0 aliphatic rings. The third-order valence-electron chi connectivity index (χ3n) is 3.25. The maximum Gasteiger partial charge on any atom is 0.125 e. The Morgan fingerprint density at radius 3 is 2.12 bits per heavy atom. The lowest BCUT2D eigenvalue weighted by molar-refractivity contribution is 0.253. The second-order valence-corrected chi connectivity index (χ2v) is 5.46. The van der Waals surface area contributed by atoms with Crippen molar-refractivity contribution in [3.63, 3.8) is 0 Å². The van der Waals surface area contributed by atoms with Gasteiger partial charge in [0.05, 0.1) is 6.61 Å². The van der Waals surface area contributed by atoms with Crippen molar-refractivity contribution in [1.29, 1.82) is 0 Å². The van der Waals surface area contributed by atoms with Gasteiger partial charge in [0.2, 0.25) is 0 Å². The third-order valence-corrected chi connectivity index (χ3v) is 3.25. The Labute approximate surface area is 105 Å². The minimum Gasteiger partial charge on any atom is -0.493 e. The van der Waals surface area contributed by atoms with Gasteiger partial charge in [-0.3, -0.25) is 0 Å². The summed E-state index contributed by atoms with van der Waals surface area (Å²) in [6, 6.07) is 4.34. The van der Waals surface area contributed by atoms with Crippen molar-refractivity contribution < 1.29 is 4.74 Å². The molecule has 0 saturated carbocycles. The first-order valence-electron chi connectivity index (χ1n) is 6.25. The van der Waals surface area contributed by atoms with Crippen molar-refractivity contribution in [2.45, 2.75) is 46.6 Å². The Hall–Kier alpha value is -1.02. The molecule has 2 nitrogen and oxygen atoms in total. The molecule has 1 aromatic carbocycles. The average molecular weight is 235 g/mol. The fourth-order valence-corrected chi connectivity index (χ4v) is 1.93. The molecule has 0 unspecified atom stereocenters. The van der Waals surface area contributed by atoms with Gasteiger partial charge < -0.3 is 10.1 Å². The minimum absolute atomic E-state index is 0.131. The number of hydrogen-bond donors (Lipinski definition) is 1. The van der Waals surface area contributed by atoms with Gasteiger partial charge in [-0.2, -0.15) is 0 Å². The van der Waals surface area contributed by atoms with Crippen LogP contribution in [-0.4, -0.2) is 19.2 Å². The van der Waals surface area contributed by atoms with Crippen molar-refractivity contribution in [3.05, 3.63) is 28.8 Å². The van der Waals surface area contributed by atoms with E-state index in [0.717, 1.165) is 18.8 Å². The summed E-state index contributed by atoms with van der Waals surface area (Å²) in [5.41, 5.74) is 3.88. The number of ether oxygens (including phenoxy) is 1. The normalized spacial score (nSPS) is 11.6. The Kier molecular flexibility index (Phi) is 4.58. The van der Waals surface area contributed by atoms with Gasteiger partial charge in [-0.15, -0.1) is 0 Å². The molecule has 0 fully saturated rings. The average Bonchev–Trinajstić information content (AvgIpc) is 2.22. The summed E-state index contributed by atoms with van der Waals surface area (Å²) in [5, 5.41) is 3.29. The Morgan fingerprint density at radius 1 is 1.12 bits per heavy atom. The first kappa shape index (κ1) is 14.0. The largest absolute Gasteiger partial charge is 0.493 e. The van der Waals surface area contributed by atoms with Crippen LogP contribution in [0, 0.1) is 20.8 Å². The molecule has 0 radical (unpaired) electrons. The molecule has 0 bridgehead atoms. The lowest BCUT2D eigenvalue weighted by atomic mass is 10.0. The fraction of sp³-hybridized carbons (Fsp3) is 0.600. The van der Waals surface area contributed by atoms with Gasteiger partial charge in [-0.25, -0.2) is 0 Å². The molecule has 0 aliphatic heterocycles. The summed E-state index contributed by atoms with van der Waals surface area (Å²) >= 11 is 0. The van der Waals surface area contributed by atoms with Crippen LogP contribution in [0.5, 0.6) is 5.75 Å². The van der Waals surface area contributed by atoms with Crippen molar-refractivity contribution >= 4 is 0 Å². The van der Waals surface area contributed by atoms with E-state index < -0.39 is 0 Å². The molecule has 2 heteroatoms. The number of rotatable bonds is 5. The Balaban J connectivity index is 2.64. The highest BCUT2D eigenvalue weighted by Crippen LogP contribution is 2.25. The molecule has 0 aliphatic carbocycles. The fourth-order valence-electron chi connectivity index (χ4n) is 1.93. The lowest BCUT2D eigenvalue weighted by Crippen LogP contribution is -2.37. The van der Waals surface area contributed by atoms with Gasteiger partial charge in [0, 0.05) is 5.54 Å². The predicted molar refractivity (Wildman–Crippen MR) is 73.9 cm³/mol. The molecular formula is C15H25NO. The van der Waals surface area contributed by atoms with Gasteiger partial charge in [0.15, 0.2) is 0 Å². The van der Waals surface area contributed by atoms with Crippen molar-refractivity contribution in [2.24, 2.45) is 0 Å². The minimum atomic E-state index is 0.131. The van der Waals surface area contributed by atoms with Crippen LogP contribution >= 0.6 is 0 Å². The predicted octanol–water partition coefficient (Wildman–Crippen LogP) is 3.38. The second kappa shape index (κ2) is 5.54. The molecule has 96 valence electrons. The van der Waals surface area contributed by atoms with Crippen LogP contribution in [0.25, 0.3) is 0 Å². The van der Waals surface area contributed by atoms with Gasteiger partial charge in [0.1, 0.15) is 5.75 Å². The summed E-state index contributed by atoms with van der Waals surface area (Å²) in [5.74, 6) is 1.04. The van der Waals surface area contributed by atoms with Crippen molar-refractivity contribution in [3.8, 4) is 5.75 Å². The van der Waals surface area contributed by atoms with Crippen LogP contribution < -0.4 is 10.1 Å². The van der Waals surface area contributed by atoms with Crippen LogP contribution in [0.15, 0.2) is 12.1 Å². The van der Waals surface area contributed by atoms with E-state index in [1.807, 2.05) is 7.05 Å². The summed E-state index contributed by atoms with van der Waals surface area (Å²) in [7, 11) is 1.99. The number of nitrogens with one attached hydrogen (secondary N) is 1. The number of aryl methyl sites for hydroxylation is 3. The van der Waals surface area contributed by atoms with Gasteiger partial charge in [-0.05, 0) is 59.2 Å². The topological polar surface area (TPSA) is 21.3 Å². The maximum atomic E-state index is 5.92. The Bertz CT molecular complexity index is 360. The van der Waals surface area contributed by atoms with Crippen LogP contribution in [-0.2, 0) is 0 Å². The zero-order valence-corrected chi connectivity index (χ0v) is 12.0. The molecule has 0 atom stereocenters. The molecule has 0 aromatic heterocycles. The van der Waals surface area contributed by atoms with E-state index >= 15 is 0 Å². The van der Waals surface area contributed by atoms with Gasteiger partial charge in [0.25, 0.3) is 0 Å². The van der Waals surface area contributed by atoms with E-state index in [1.54, 1.807) is 0 Å². The zero-order valence-electron chi connectivity index (χ0n) is 12.0. The SMILES string of the molecule is CNC(C)(C)CCOc1c(C)cc(C)cc1C. The van der Waals surface area contributed by atoms with Gasteiger partial charge >= 0.3 is 0 Å². The molecule has 0 heterocycles. The van der Waals surface area contributed by atoms with E-state index in [9.17, 15) is 0 Å². The molecule has 0 saturated heterocycles. The first-order valence-corrected chi connectivity index (χ1v) is 6.25. The quantitative estimate of drug-likeness (QED) is 0.844. The van der Waals surface area contributed by atoms with E-state index in [0.29, 0.717) is 0 Å². The summed E-state index contributed by atoms with van der Waals surface area (Å²) < 4.78 is 5.92. The highest BCUT2D eigenvalue weighted by molar-refractivity contribution is 5.42. The molecule has 1 N–H and O–H groups in total. The smallest absolute Gasteiger partial charge is 0.125 e. The molecule has 0 spiro atoms. The van der Waals surface area contributed by atoms with Crippen LogP contribution in [0.3, 0.4) is 0 Å². The summed E-state index contributed by atoms with van der Waals surface area (Å²) in [4.78, 5) is 0. The van der Waals surface area contributed by atoms with Crippen LogP contribution in [0.2, 0.25) is 0 Å². The molecule has 17 heavy (non-hydrogen) atoms. The van der Waals surface area contributed by atoms with Gasteiger partial charge in [-0.1, -0.05) is 17.7 Å². The van der Waals surface area contributed by atoms with E-state index in [4.69, 9.17) is 4.74 Å². The zero-order chi connectivity index (χ0) is 13.1. The van der Waals surface area contributed by atoms with E-state index in [2.05, 4.69) is 52.1 Å². The van der Waals surface area contributed by atoms with Crippen LogP contribution in [0.4, 0.5) is 0 Å². The van der Waals surface area contributed by atoms with E-state index in [-0.39, 0.29) is 5.54 Å². The molecule has 1 aromatic rings. The first-order chi connectivity index (χ1) is 7.85. The van der Waals surface area contributed by atoms with E-state index in [1.165, 1.54) is 16.7 Å². The third kappa shape index (κ3) is 4.04. The highest BCUT2D eigenvalue weighted by atomic mass is 16.5. The lowest BCUT2D eigenvalue weighted by Gasteiger charge is -2.24. The Morgan fingerprint density at radius 2 is 1.65 bits per heavy atom. The number of benzene rings is 1. The standard InChI is InChI=1S/C15H25NO/c1-11-9-12(2)14(13(3)10-11)17-8-7-15(4,5)16-6/h9-10,16H,7-8H2,1-6H3. The molecule has 0 amide bonds.